The van der Waals surface area contributed by atoms with Crippen LogP contribution in [0.25, 0.3) is 11.3 Å². The molecule has 0 aliphatic carbocycles. The molecule has 0 spiro atoms. The van der Waals surface area contributed by atoms with Gasteiger partial charge in [-0.25, -0.2) is 9.78 Å². The molecule has 0 aliphatic rings. The molecular weight excluding hydrogens is 328 g/mol. The number of thiazole rings is 1. The van der Waals surface area contributed by atoms with E-state index in [1.807, 2.05) is 37.3 Å². The monoisotopic (exact) mass is 344 g/mol. The van der Waals surface area contributed by atoms with Crippen LogP contribution in [0.4, 0.5) is 0 Å². The van der Waals surface area contributed by atoms with Crippen molar-refractivity contribution in [2.45, 2.75) is 20.5 Å². The van der Waals surface area contributed by atoms with Gasteiger partial charge < -0.3 is 14.0 Å². The van der Waals surface area contributed by atoms with Crippen LogP contribution in [0.15, 0.2) is 41.1 Å². The molecule has 0 atom stereocenters. The summed E-state index contributed by atoms with van der Waals surface area (Å²) in [5.41, 5.74) is 2.56. The van der Waals surface area contributed by atoms with Crippen LogP contribution in [0.5, 0.6) is 5.19 Å². The van der Waals surface area contributed by atoms with Crippen LogP contribution in [0.2, 0.25) is 0 Å². The second kappa shape index (κ2) is 7.27. The van der Waals surface area contributed by atoms with E-state index < -0.39 is 5.97 Å². The Morgan fingerprint density at radius 3 is 2.83 bits per heavy atom. The fraction of sp³-hybridized carbons (Fsp3) is 0.235. The average molecular weight is 344 g/mol. The number of esters is 1. The van der Waals surface area contributed by atoms with Crippen LogP contribution in [0.3, 0.4) is 0 Å². The Kier molecular flexibility index (Phi) is 4.90. The lowest BCUT2D eigenvalue weighted by atomic mass is 10.1. The van der Waals surface area contributed by atoms with Gasteiger partial charge in [-0.3, -0.25) is 0 Å². The Labute approximate surface area is 143 Å². The molecule has 2 aromatic heterocycles. The van der Waals surface area contributed by atoms with E-state index in [0.717, 1.165) is 28.2 Å². The summed E-state index contributed by atoms with van der Waals surface area (Å²) in [5, 5.41) is 4.51. The molecule has 7 heteroatoms. The van der Waals surface area contributed by atoms with Gasteiger partial charge in [0, 0.05) is 5.56 Å². The lowest BCUT2D eigenvalue weighted by Gasteiger charge is -2.03. The van der Waals surface area contributed by atoms with Gasteiger partial charge >= 0.3 is 5.97 Å². The number of hydrogen-bond donors (Lipinski definition) is 0. The fourth-order valence-corrected chi connectivity index (χ4v) is 2.80. The number of nitrogens with zero attached hydrogens (tertiary/aromatic N) is 2. The molecule has 0 fully saturated rings. The number of carbonyl (C=O) groups is 1. The topological polar surface area (TPSA) is 74.5 Å². The second-order valence-corrected chi connectivity index (χ2v) is 5.92. The van der Waals surface area contributed by atoms with Gasteiger partial charge in [0.15, 0.2) is 0 Å². The van der Waals surface area contributed by atoms with E-state index in [1.165, 1.54) is 6.20 Å². The van der Waals surface area contributed by atoms with Crippen molar-refractivity contribution in [2.24, 2.45) is 0 Å². The van der Waals surface area contributed by atoms with Gasteiger partial charge in [-0.2, -0.15) is 0 Å². The fourth-order valence-electron chi connectivity index (χ4n) is 2.14. The largest absolute Gasteiger partial charge is 0.465 e. The van der Waals surface area contributed by atoms with Crippen molar-refractivity contribution < 1.29 is 18.8 Å². The molecule has 0 aliphatic heterocycles. The predicted molar refractivity (Wildman–Crippen MR) is 89.1 cm³/mol. The standard InChI is InChI=1S/C17H16N2O4S/c1-3-21-16(20)14-9-18-17(24-14)22-10-13-11(2)23-19-15(13)12-7-5-4-6-8-12/h4-9H,3,10H2,1-2H3. The molecule has 3 aromatic rings. The van der Waals surface area contributed by atoms with Gasteiger partial charge in [0.1, 0.15) is 22.9 Å². The normalized spacial score (nSPS) is 10.6. The molecule has 24 heavy (non-hydrogen) atoms. The zero-order chi connectivity index (χ0) is 16.9. The highest BCUT2D eigenvalue weighted by Crippen LogP contribution is 2.28. The van der Waals surface area contributed by atoms with Crippen LogP contribution in [-0.4, -0.2) is 22.7 Å². The van der Waals surface area contributed by atoms with Gasteiger partial charge in [-0.05, 0) is 13.8 Å². The summed E-state index contributed by atoms with van der Waals surface area (Å²) in [6.07, 6.45) is 1.45. The quantitative estimate of drug-likeness (QED) is 0.632. The van der Waals surface area contributed by atoms with Crippen molar-refractivity contribution >= 4 is 17.3 Å². The minimum Gasteiger partial charge on any atom is -0.465 e. The molecule has 3 rings (SSSR count). The van der Waals surface area contributed by atoms with E-state index in [0.29, 0.717) is 22.4 Å². The molecule has 2 heterocycles. The molecular formula is C17H16N2O4S. The lowest BCUT2D eigenvalue weighted by Crippen LogP contribution is -2.01. The molecule has 0 saturated carbocycles. The maximum Gasteiger partial charge on any atom is 0.350 e. The van der Waals surface area contributed by atoms with Crippen molar-refractivity contribution in [1.29, 1.82) is 0 Å². The smallest absolute Gasteiger partial charge is 0.350 e. The van der Waals surface area contributed by atoms with Crippen molar-refractivity contribution in [3.8, 4) is 16.5 Å². The minimum absolute atomic E-state index is 0.259. The zero-order valence-corrected chi connectivity index (χ0v) is 14.1. The highest BCUT2D eigenvalue weighted by Gasteiger charge is 2.17. The average Bonchev–Trinajstić information content (AvgIpc) is 3.21. The number of hydrogen-bond acceptors (Lipinski definition) is 7. The van der Waals surface area contributed by atoms with Crippen LogP contribution in [0.1, 0.15) is 27.9 Å². The number of aryl methyl sites for hydroxylation is 1. The van der Waals surface area contributed by atoms with Gasteiger partial charge in [0.2, 0.25) is 0 Å². The van der Waals surface area contributed by atoms with E-state index >= 15 is 0 Å². The van der Waals surface area contributed by atoms with Gasteiger partial charge in [-0.15, -0.1) is 0 Å². The third-order valence-corrected chi connectivity index (χ3v) is 4.22. The Morgan fingerprint density at radius 1 is 1.29 bits per heavy atom. The SMILES string of the molecule is CCOC(=O)c1cnc(OCc2c(-c3ccccc3)noc2C)s1. The Bertz CT molecular complexity index is 826. The summed E-state index contributed by atoms with van der Waals surface area (Å²) >= 11 is 1.15. The first-order valence-corrected chi connectivity index (χ1v) is 8.27. The van der Waals surface area contributed by atoms with Crippen LogP contribution in [0, 0.1) is 6.92 Å². The summed E-state index contributed by atoms with van der Waals surface area (Å²) in [5.74, 6) is 0.298. The Hall–Kier alpha value is -2.67. The summed E-state index contributed by atoms with van der Waals surface area (Å²) < 4.78 is 15.9. The summed E-state index contributed by atoms with van der Waals surface area (Å²) in [4.78, 5) is 16.2. The molecule has 0 bridgehead atoms. The Morgan fingerprint density at radius 2 is 2.08 bits per heavy atom. The molecule has 0 unspecified atom stereocenters. The van der Waals surface area contributed by atoms with Crippen LogP contribution < -0.4 is 4.74 Å². The van der Waals surface area contributed by atoms with Gasteiger partial charge in [0.25, 0.3) is 5.19 Å². The van der Waals surface area contributed by atoms with E-state index in [2.05, 4.69) is 10.1 Å². The third kappa shape index (κ3) is 3.46. The molecule has 0 radical (unpaired) electrons. The van der Waals surface area contributed by atoms with E-state index in [4.69, 9.17) is 14.0 Å². The maximum absolute atomic E-state index is 11.7. The summed E-state index contributed by atoms with van der Waals surface area (Å²) in [7, 11) is 0. The van der Waals surface area contributed by atoms with E-state index in [9.17, 15) is 4.79 Å². The van der Waals surface area contributed by atoms with E-state index in [-0.39, 0.29) is 6.61 Å². The molecule has 0 N–H and O–H groups in total. The van der Waals surface area contributed by atoms with Crippen molar-refractivity contribution in [1.82, 2.24) is 10.1 Å². The Balaban J connectivity index is 1.74. The van der Waals surface area contributed by atoms with Gasteiger partial charge in [0.05, 0.1) is 18.4 Å². The molecule has 0 amide bonds. The highest BCUT2D eigenvalue weighted by atomic mass is 32.1. The molecule has 124 valence electrons. The summed E-state index contributed by atoms with van der Waals surface area (Å²) in [6.45, 7) is 4.18. The first-order chi connectivity index (χ1) is 11.7. The number of aromatic nitrogens is 2. The number of rotatable bonds is 6. The predicted octanol–water partition coefficient (Wildman–Crippen LogP) is 3.86. The zero-order valence-electron chi connectivity index (χ0n) is 13.3. The van der Waals surface area contributed by atoms with Gasteiger partial charge in [-0.1, -0.05) is 46.8 Å². The highest BCUT2D eigenvalue weighted by molar-refractivity contribution is 7.15. The van der Waals surface area contributed by atoms with Crippen LogP contribution >= 0.6 is 11.3 Å². The molecule has 1 aromatic carbocycles. The summed E-state index contributed by atoms with van der Waals surface area (Å²) in [6, 6.07) is 9.75. The molecule has 0 saturated heterocycles. The van der Waals surface area contributed by atoms with E-state index in [1.54, 1.807) is 6.92 Å². The molecule has 6 nitrogen and oxygen atoms in total. The maximum atomic E-state index is 11.7. The third-order valence-electron chi connectivity index (χ3n) is 3.33. The first-order valence-electron chi connectivity index (χ1n) is 7.45. The van der Waals surface area contributed by atoms with Crippen molar-refractivity contribution in [2.75, 3.05) is 6.61 Å². The number of ether oxygens (including phenoxy) is 2. The number of carbonyl (C=O) groups excluding carboxylic acids is 1. The lowest BCUT2D eigenvalue weighted by molar-refractivity contribution is 0.0532. The van der Waals surface area contributed by atoms with Crippen LogP contribution in [-0.2, 0) is 11.3 Å². The first kappa shape index (κ1) is 16.2. The van der Waals surface area contributed by atoms with Crippen molar-refractivity contribution in [3.05, 3.63) is 52.7 Å². The van der Waals surface area contributed by atoms with Crippen molar-refractivity contribution in [3.63, 3.8) is 0 Å². The second-order valence-electron chi connectivity index (χ2n) is 4.93. The number of benzene rings is 1. The minimum atomic E-state index is -0.393.